The maximum atomic E-state index is 12.6. The lowest BCUT2D eigenvalue weighted by Gasteiger charge is -2.24. The third-order valence-corrected chi connectivity index (χ3v) is 4.59. The number of para-hydroxylation sites is 1. The SMILES string of the molecule is COc1cc(Cl)c(C)cc1N(CC(=O)Nc1c(C)cccc1C)C(C)=O. The minimum atomic E-state index is -0.285. The second-order valence-electron chi connectivity index (χ2n) is 6.19. The molecule has 0 aliphatic carbocycles. The second kappa shape index (κ2) is 8.23. The van der Waals surface area contributed by atoms with E-state index in [1.54, 1.807) is 12.1 Å². The Morgan fingerprint density at radius 2 is 1.73 bits per heavy atom. The molecule has 26 heavy (non-hydrogen) atoms. The van der Waals surface area contributed by atoms with Gasteiger partial charge in [0.2, 0.25) is 11.8 Å². The summed E-state index contributed by atoms with van der Waals surface area (Å²) in [6, 6.07) is 9.18. The van der Waals surface area contributed by atoms with Crippen LogP contribution in [-0.4, -0.2) is 25.5 Å². The monoisotopic (exact) mass is 374 g/mol. The van der Waals surface area contributed by atoms with Gasteiger partial charge in [-0.15, -0.1) is 0 Å². The van der Waals surface area contributed by atoms with Gasteiger partial charge in [0.15, 0.2) is 0 Å². The van der Waals surface area contributed by atoms with Crippen LogP contribution in [0.15, 0.2) is 30.3 Å². The maximum Gasteiger partial charge on any atom is 0.244 e. The fourth-order valence-electron chi connectivity index (χ4n) is 2.72. The Hall–Kier alpha value is -2.53. The fourth-order valence-corrected chi connectivity index (χ4v) is 2.88. The first-order chi connectivity index (χ1) is 12.2. The van der Waals surface area contributed by atoms with E-state index in [-0.39, 0.29) is 18.4 Å². The molecule has 2 amide bonds. The second-order valence-corrected chi connectivity index (χ2v) is 6.60. The molecule has 0 spiro atoms. The Bertz CT molecular complexity index is 829. The molecule has 0 radical (unpaired) electrons. The normalized spacial score (nSPS) is 10.4. The summed E-state index contributed by atoms with van der Waals surface area (Å²) < 4.78 is 5.34. The molecule has 2 rings (SSSR count). The Labute approximate surface area is 158 Å². The van der Waals surface area contributed by atoms with Gasteiger partial charge in [0, 0.05) is 23.7 Å². The van der Waals surface area contributed by atoms with Crippen LogP contribution >= 0.6 is 11.6 Å². The number of ether oxygens (including phenoxy) is 1. The number of aryl methyl sites for hydroxylation is 3. The number of hydrogen-bond acceptors (Lipinski definition) is 3. The minimum Gasteiger partial charge on any atom is -0.495 e. The van der Waals surface area contributed by atoms with Crippen molar-refractivity contribution < 1.29 is 14.3 Å². The van der Waals surface area contributed by atoms with E-state index < -0.39 is 0 Å². The van der Waals surface area contributed by atoms with Gasteiger partial charge in [0.05, 0.1) is 12.8 Å². The van der Waals surface area contributed by atoms with E-state index in [2.05, 4.69) is 5.32 Å². The van der Waals surface area contributed by atoms with Gasteiger partial charge in [-0.2, -0.15) is 0 Å². The van der Waals surface area contributed by atoms with Crippen molar-refractivity contribution in [2.75, 3.05) is 23.9 Å². The van der Waals surface area contributed by atoms with Crippen LogP contribution in [0.2, 0.25) is 5.02 Å². The van der Waals surface area contributed by atoms with Crippen molar-refractivity contribution in [2.45, 2.75) is 27.7 Å². The predicted molar refractivity (Wildman–Crippen MR) is 105 cm³/mol. The number of carbonyl (C=O) groups excluding carboxylic acids is 2. The Morgan fingerprint density at radius 3 is 2.27 bits per heavy atom. The molecular weight excluding hydrogens is 352 g/mol. The number of nitrogens with one attached hydrogen (secondary N) is 1. The highest BCUT2D eigenvalue weighted by Crippen LogP contribution is 2.34. The predicted octanol–water partition coefficient (Wildman–Crippen LogP) is 4.27. The first-order valence-corrected chi connectivity index (χ1v) is 8.60. The molecule has 6 heteroatoms. The lowest BCUT2D eigenvalue weighted by atomic mass is 10.1. The van der Waals surface area contributed by atoms with Crippen molar-refractivity contribution in [1.82, 2.24) is 0 Å². The summed E-state index contributed by atoms with van der Waals surface area (Å²) in [5, 5.41) is 3.43. The third kappa shape index (κ3) is 4.35. The summed E-state index contributed by atoms with van der Waals surface area (Å²) >= 11 is 6.13. The molecule has 2 aromatic carbocycles. The first kappa shape index (κ1) is 19.8. The minimum absolute atomic E-state index is 0.124. The van der Waals surface area contributed by atoms with Crippen LogP contribution < -0.4 is 15.0 Å². The zero-order valence-electron chi connectivity index (χ0n) is 15.6. The summed E-state index contributed by atoms with van der Waals surface area (Å²) in [7, 11) is 1.50. The number of carbonyl (C=O) groups is 2. The average molecular weight is 375 g/mol. The van der Waals surface area contributed by atoms with Gasteiger partial charge in [-0.3, -0.25) is 14.5 Å². The highest BCUT2D eigenvalue weighted by molar-refractivity contribution is 6.31. The molecule has 0 saturated carbocycles. The largest absolute Gasteiger partial charge is 0.495 e. The van der Waals surface area contributed by atoms with Gasteiger partial charge in [-0.05, 0) is 43.5 Å². The van der Waals surface area contributed by atoms with Gasteiger partial charge in [-0.25, -0.2) is 0 Å². The highest BCUT2D eigenvalue weighted by atomic mass is 35.5. The van der Waals surface area contributed by atoms with E-state index in [0.717, 1.165) is 22.4 Å². The number of amides is 2. The number of nitrogens with zero attached hydrogens (tertiary/aromatic N) is 1. The lowest BCUT2D eigenvalue weighted by Crippen LogP contribution is -2.37. The summed E-state index contributed by atoms with van der Waals surface area (Å²) in [6.07, 6.45) is 0. The molecule has 0 atom stereocenters. The standard InChI is InChI=1S/C20H23ClN2O3/c1-12-7-6-8-13(2)20(12)22-19(25)11-23(15(4)24)17-9-14(3)16(21)10-18(17)26-5/h6-10H,11H2,1-5H3,(H,22,25). The maximum absolute atomic E-state index is 12.6. The molecule has 0 aliphatic rings. The number of hydrogen-bond donors (Lipinski definition) is 1. The summed E-state index contributed by atoms with van der Waals surface area (Å²) in [4.78, 5) is 26.2. The quantitative estimate of drug-likeness (QED) is 0.850. The van der Waals surface area contributed by atoms with E-state index in [9.17, 15) is 9.59 Å². The molecule has 0 aromatic heterocycles. The Balaban J connectivity index is 2.31. The molecular formula is C20H23ClN2O3. The van der Waals surface area contributed by atoms with Crippen LogP contribution in [0.3, 0.4) is 0 Å². The van der Waals surface area contributed by atoms with Crippen LogP contribution in [-0.2, 0) is 9.59 Å². The van der Waals surface area contributed by atoms with Gasteiger partial charge in [-0.1, -0.05) is 29.8 Å². The van der Waals surface area contributed by atoms with Crippen LogP contribution in [0.25, 0.3) is 0 Å². The zero-order chi connectivity index (χ0) is 19.4. The molecule has 138 valence electrons. The van der Waals surface area contributed by atoms with Crippen molar-refractivity contribution >= 4 is 34.8 Å². The van der Waals surface area contributed by atoms with E-state index in [1.807, 2.05) is 39.0 Å². The van der Waals surface area contributed by atoms with E-state index in [1.165, 1.54) is 18.9 Å². The zero-order valence-corrected chi connectivity index (χ0v) is 16.4. The Morgan fingerprint density at radius 1 is 1.12 bits per heavy atom. The van der Waals surface area contributed by atoms with Crippen LogP contribution in [0.4, 0.5) is 11.4 Å². The van der Waals surface area contributed by atoms with Crippen molar-refractivity contribution in [2.24, 2.45) is 0 Å². The van der Waals surface area contributed by atoms with Gasteiger partial charge >= 0.3 is 0 Å². The number of benzene rings is 2. The van der Waals surface area contributed by atoms with Crippen LogP contribution in [0.1, 0.15) is 23.6 Å². The third-order valence-electron chi connectivity index (χ3n) is 4.18. The molecule has 0 aliphatic heterocycles. The molecule has 0 fully saturated rings. The van der Waals surface area contributed by atoms with Crippen molar-refractivity contribution in [3.05, 3.63) is 52.0 Å². The van der Waals surface area contributed by atoms with Gasteiger partial charge in [0.25, 0.3) is 0 Å². The Kier molecular flexibility index (Phi) is 6.27. The molecule has 0 unspecified atom stereocenters. The number of halogens is 1. The van der Waals surface area contributed by atoms with E-state index in [4.69, 9.17) is 16.3 Å². The number of methoxy groups -OCH3 is 1. The van der Waals surface area contributed by atoms with Crippen molar-refractivity contribution in [3.63, 3.8) is 0 Å². The van der Waals surface area contributed by atoms with E-state index >= 15 is 0 Å². The van der Waals surface area contributed by atoms with Crippen LogP contribution in [0.5, 0.6) is 5.75 Å². The number of rotatable bonds is 5. The van der Waals surface area contributed by atoms with E-state index in [0.29, 0.717) is 16.5 Å². The lowest BCUT2D eigenvalue weighted by molar-refractivity contribution is -0.120. The van der Waals surface area contributed by atoms with Crippen molar-refractivity contribution in [1.29, 1.82) is 0 Å². The first-order valence-electron chi connectivity index (χ1n) is 8.23. The topological polar surface area (TPSA) is 58.6 Å². The van der Waals surface area contributed by atoms with Crippen molar-refractivity contribution in [3.8, 4) is 5.75 Å². The average Bonchev–Trinajstić information content (AvgIpc) is 2.58. The molecule has 2 aromatic rings. The van der Waals surface area contributed by atoms with Crippen LogP contribution in [0, 0.1) is 20.8 Å². The molecule has 0 saturated heterocycles. The summed E-state index contributed by atoms with van der Waals surface area (Å²) in [5.74, 6) is -0.107. The summed E-state index contributed by atoms with van der Waals surface area (Å²) in [6.45, 7) is 6.98. The number of anilines is 2. The molecule has 1 N–H and O–H groups in total. The fraction of sp³-hybridized carbons (Fsp3) is 0.300. The summed E-state index contributed by atoms with van der Waals surface area (Å²) in [5.41, 5.74) is 4.00. The smallest absolute Gasteiger partial charge is 0.244 e. The molecule has 0 bridgehead atoms. The molecule has 0 heterocycles. The van der Waals surface area contributed by atoms with Gasteiger partial charge < -0.3 is 10.1 Å². The molecule has 5 nitrogen and oxygen atoms in total. The van der Waals surface area contributed by atoms with Gasteiger partial charge in [0.1, 0.15) is 12.3 Å². The highest BCUT2D eigenvalue weighted by Gasteiger charge is 2.21.